The molecule has 0 radical (unpaired) electrons. The molecule has 0 saturated carbocycles. The second-order valence-electron chi connectivity index (χ2n) is 4.23. The molecule has 0 amide bonds. The molecular weight excluding hydrogens is 206 g/mol. The molecule has 1 aromatic rings. The van der Waals surface area contributed by atoms with Gasteiger partial charge in [-0.05, 0) is 26.8 Å². The van der Waals surface area contributed by atoms with Crippen LogP contribution in [0.4, 0.5) is 0 Å². The van der Waals surface area contributed by atoms with E-state index in [1.807, 2.05) is 7.05 Å². The van der Waals surface area contributed by atoms with Gasteiger partial charge in [0.25, 0.3) is 0 Å². The molecule has 0 aliphatic carbocycles. The highest BCUT2D eigenvalue weighted by Gasteiger charge is 2.08. The molecule has 16 heavy (non-hydrogen) atoms. The summed E-state index contributed by atoms with van der Waals surface area (Å²) in [4.78, 5) is 6.36. The molecule has 1 atom stereocenters. The molecular formula is C11H21N3O2. The number of rotatable bonds is 7. The smallest absolute Gasteiger partial charge is 0.226 e. The molecule has 92 valence electrons. The van der Waals surface area contributed by atoms with E-state index < -0.39 is 0 Å². The molecule has 1 heterocycles. The molecule has 0 fully saturated rings. The Hall–Kier alpha value is -0.940. The van der Waals surface area contributed by atoms with Gasteiger partial charge in [-0.2, -0.15) is 4.98 Å². The molecule has 0 aromatic carbocycles. The fourth-order valence-electron chi connectivity index (χ4n) is 1.40. The quantitative estimate of drug-likeness (QED) is 0.759. The van der Waals surface area contributed by atoms with Gasteiger partial charge in [-0.3, -0.25) is 4.90 Å². The maximum atomic E-state index is 9.16. The van der Waals surface area contributed by atoms with Crippen molar-refractivity contribution in [3.63, 3.8) is 0 Å². The summed E-state index contributed by atoms with van der Waals surface area (Å²) in [6.07, 6.45) is 2.35. The summed E-state index contributed by atoms with van der Waals surface area (Å²) in [6.45, 7) is 5.37. The van der Waals surface area contributed by atoms with Crippen LogP contribution < -0.4 is 0 Å². The summed E-state index contributed by atoms with van der Waals surface area (Å²) in [5, 5.41) is 13.1. The summed E-state index contributed by atoms with van der Waals surface area (Å²) in [5.41, 5.74) is 0. The van der Waals surface area contributed by atoms with Crippen LogP contribution in [0.25, 0.3) is 0 Å². The van der Waals surface area contributed by atoms with Crippen molar-refractivity contribution in [2.75, 3.05) is 13.6 Å². The zero-order valence-corrected chi connectivity index (χ0v) is 10.3. The predicted molar refractivity (Wildman–Crippen MR) is 60.9 cm³/mol. The highest BCUT2D eigenvalue weighted by molar-refractivity contribution is 4.86. The second kappa shape index (κ2) is 6.60. The fraction of sp³-hybridized carbons (Fsp3) is 0.818. The SMILES string of the molecule is CCCc1nc(CN(C)CCC(C)O)no1. The lowest BCUT2D eigenvalue weighted by Gasteiger charge is -2.14. The van der Waals surface area contributed by atoms with E-state index in [1.54, 1.807) is 6.92 Å². The minimum Gasteiger partial charge on any atom is -0.393 e. The Balaban J connectivity index is 2.34. The standard InChI is InChI=1S/C11H21N3O2/c1-4-5-11-12-10(13-16-11)8-14(3)7-6-9(2)15/h9,15H,4-8H2,1-3H3. The van der Waals surface area contributed by atoms with Gasteiger partial charge >= 0.3 is 0 Å². The normalized spacial score (nSPS) is 13.3. The predicted octanol–water partition coefficient (Wildman–Crippen LogP) is 1.22. The van der Waals surface area contributed by atoms with Crippen molar-refractivity contribution in [2.45, 2.75) is 45.8 Å². The van der Waals surface area contributed by atoms with E-state index in [2.05, 4.69) is 22.0 Å². The van der Waals surface area contributed by atoms with Crippen LogP contribution in [0.15, 0.2) is 4.52 Å². The summed E-state index contributed by atoms with van der Waals surface area (Å²) in [7, 11) is 1.98. The van der Waals surface area contributed by atoms with Crippen LogP contribution in [-0.2, 0) is 13.0 Å². The summed E-state index contributed by atoms with van der Waals surface area (Å²) < 4.78 is 5.09. The average molecular weight is 227 g/mol. The van der Waals surface area contributed by atoms with Crippen LogP contribution in [0.1, 0.15) is 38.4 Å². The van der Waals surface area contributed by atoms with Gasteiger partial charge in [-0.15, -0.1) is 0 Å². The lowest BCUT2D eigenvalue weighted by Crippen LogP contribution is -2.22. The van der Waals surface area contributed by atoms with Gasteiger partial charge in [0.2, 0.25) is 5.89 Å². The van der Waals surface area contributed by atoms with Crippen LogP contribution in [-0.4, -0.2) is 39.8 Å². The Labute approximate surface area is 96.5 Å². The molecule has 0 bridgehead atoms. The van der Waals surface area contributed by atoms with E-state index >= 15 is 0 Å². The van der Waals surface area contributed by atoms with Crippen LogP contribution in [0, 0.1) is 0 Å². The van der Waals surface area contributed by atoms with Crippen molar-refractivity contribution in [3.05, 3.63) is 11.7 Å². The number of aliphatic hydroxyl groups excluding tert-OH is 1. The zero-order chi connectivity index (χ0) is 12.0. The van der Waals surface area contributed by atoms with Crippen LogP contribution in [0.5, 0.6) is 0 Å². The third-order valence-corrected chi connectivity index (χ3v) is 2.31. The van der Waals surface area contributed by atoms with Crippen molar-refractivity contribution in [1.82, 2.24) is 15.0 Å². The highest BCUT2D eigenvalue weighted by atomic mass is 16.5. The molecule has 1 rings (SSSR count). The van der Waals surface area contributed by atoms with Gasteiger partial charge in [-0.25, -0.2) is 0 Å². The van der Waals surface area contributed by atoms with E-state index in [9.17, 15) is 0 Å². The van der Waals surface area contributed by atoms with Crippen molar-refractivity contribution in [1.29, 1.82) is 0 Å². The first-order chi connectivity index (χ1) is 7.61. The number of hydrogen-bond acceptors (Lipinski definition) is 5. The van der Waals surface area contributed by atoms with E-state index in [-0.39, 0.29) is 6.10 Å². The lowest BCUT2D eigenvalue weighted by molar-refractivity contribution is 0.161. The van der Waals surface area contributed by atoms with Crippen LogP contribution >= 0.6 is 0 Å². The molecule has 0 aliphatic rings. The minimum atomic E-state index is -0.261. The van der Waals surface area contributed by atoms with Crippen LogP contribution in [0.3, 0.4) is 0 Å². The third-order valence-electron chi connectivity index (χ3n) is 2.31. The zero-order valence-electron chi connectivity index (χ0n) is 10.3. The molecule has 0 saturated heterocycles. The molecule has 0 spiro atoms. The third kappa shape index (κ3) is 4.72. The van der Waals surface area contributed by atoms with Crippen LogP contribution in [0.2, 0.25) is 0 Å². The number of nitrogens with zero attached hydrogens (tertiary/aromatic N) is 3. The summed E-state index contributed by atoms with van der Waals surface area (Å²) >= 11 is 0. The minimum absolute atomic E-state index is 0.261. The van der Waals surface area contributed by atoms with Gasteiger partial charge < -0.3 is 9.63 Å². The van der Waals surface area contributed by atoms with Gasteiger partial charge in [0.1, 0.15) is 0 Å². The highest BCUT2D eigenvalue weighted by Crippen LogP contribution is 2.03. The Morgan fingerprint density at radius 2 is 2.25 bits per heavy atom. The maximum Gasteiger partial charge on any atom is 0.226 e. The molecule has 1 unspecified atom stereocenters. The maximum absolute atomic E-state index is 9.16. The second-order valence-corrected chi connectivity index (χ2v) is 4.23. The van der Waals surface area contributed by atoms with Crippen molar-refractivity contribution in [2.24, 2.45) is 0 Å². The van der Waals surface area contributed by atoms with E-state index in [0.717, 1.165) is 31.6 Å². The van der Waals surface area contributed by atoms with Crippen molar-refractivity contribution in [3.8, 4) is 0 Å². The van der Waals surface area contributed by atoms with E-state index in [0.29, 0.717) is 12.4 Å². The molecule has 5 heteroatoms. The molecule has 1 N–H and O–H groups in total. The first kappa shape index (κ1) is 13.1. The van der Waals surface area contributed by atoms with Gasteiger partial charge in [0.15, 0.2) is 5.82 Å². The summed E-state index contributed by atoms with van der Waals surface area (Å²) in [6, 6.07) is 0. The van der Waals surface area contributed by atoms with E-state index in [1.165, 1.54) is 0 Å². The molecule has 0 aliphatic heterocycles. The first-order valence-electron chi connectivity index (χ1n) is 5.80. The average Bonchev–Trinajstić information content (AvgIpc) is 2.63. The Morgan fingerprint density at radius 1 is 1.50 bits per heavy atom. The number of aliphatic hydroxyl groups is 1. The van der Waals surface area contributed by atoms with Crippen molar-refractivity contribution < 1.29 is 9.63 Å². The van der Waals surface area contributed by atoms with Crippen molar-refractivity contribution >= 4 is 0 Å². The van der Waals surface area contributed by atoms with Gasteiger partial charge in [-0.1, -0.05) is 12.1 Å². The van der Waals surface area contributed by atoms with Gasteiger partial charge in [0.05, 0.1) is 12.6 Å². The largest absolute Gasteiger partial charge is 0.393 e. The Morgan fingerprint density at radius 3 is 2.88 bits per heavy atom. The number of aryl methyl sites for hydroxylation is 1. The topological polar surface area (TPSA) is 62.4 Å². The monoisotopic (exact) mass is 227 g/mol. The van der Waals surface area contributed by atoms with E-state index in [4.69, 9.17) is 9.63 Å². The molecule has 1 aromatic heterocycles. The lowest BCUT2D eigenvalue weighted by atomic mass is 10.3. The first-order valence-corrected chi connectivity index (χ1v) is 5.80. The Kier molecular flexibility index (Phi) is 5.42. The molecule has 5 nitrogen and oxygen atoms in total. The summed E-state index contributed by atoms with van der Waals surface area (Å²) in [5.74, 6) is 1.43. The Bertz CT molecular complexity index is 299. The number of hydrogen-bond donors (Lipinski definition) is 1. The number of aromatic nitrogens is 2. The fourth-order valence-corrected chi connectivity index (χ4v) is 1.40. The van der Waals surface area contributed by atoms with Gasteiger partial charge in [0, 0.05) is 13.0 Å².